The van der Waals surface area contributed by atoms with Crippen molar-refractivity contribution in [2.75, 3.05) is 19.9 Å². The zero-order chi connectivity index (χ0) is 15.1. The van der Waals surface area contributed by atoms with Gasteiger partial charge in [0.05, 0.1) is 6.54 Å². The van der Waals surface area contributed by atoms with Gasteiger partial charge in [0.15, 0.2) is 5.17 Å². The number of nitrogens with two attached hydrogens (primary N) is 1. The Balaban J connectivity index is 2.52. The SMILES string of the molecule is COC(CN=C(N)SC)(c1ccccc1)c1ccccc1. The van der Waals surface area contributed by atoms with Crippen molar-refractivity contribution < 1.29 is 4.74 Å². The number of thioether (sulfide) groups is 1. The van der Waals surface area contributed by atoms with E-state index in [1.807, 2.05) is 42.7 Å². The summed E-state index contributed by atoms with van der Waals surface area (Å²) in [5.41, 5.74) is 7.36. The summed E-state index contributed by atoms with van der Waals surface area (Å²) in [7, 11) is 1.71. The van der Waals surface area contributed by atoms with Gasteiger partial charge in [-0.05, 0) is 17.4 Å². The summed E-state index contributed by atoms with van der Waals surface area (Å²) in [6.07, 6.45) is 1.92. The van der Waals surface area contributed by atoms with Crippen molar-refractivity contribution in [2.24, 2.45) is 10.7 Å². The first-order valence-electron chi connectivity index (χ1n) is 6.73. The average molecular weight is 300 g/mol. The van der Waals surface area contributed by atoms with Crippen LogP contribution in [0.15, 0.2) is 65.7 Å². The van der Waals surface area contributed by atoms with Crippen molar-refractivity contribution in [3.63, 3.8) is 0 Å². The van der Waals surface area contributed by atoms with Gasteiger partial charge in [0.25, 0.3) is 0 Å². The molecule has 110 valence electrons. The summed E-state index contributed by atoms with van der Waals surface area (Å²) in [5.74, 6) is 0. The van der Waals surface area contributed by atoms with Gasteiger partial charge in [0.1, 0.15) is 5.60 Å². The number of hydrogen-bond acceptors (Lipinski definition) is 3. The van der Waals surface area contributed by atoms with E-state index in [1.165, 1.54) is 11.8 Å². The lowest BCUT2D eigenvalue weighted by molar-refractivity contribution is 0.0304. The Labute approximate surface area is 130 Å². The third-order valence-electron chi connectivity index (χ3n) is 3.50. The molecule has 2 aromatic rings. The van der Waals surface area contributed by atoms with Crippen molar-refractivity contribution >= 4 is 16.9 Å². The fourth-order valence-corrected chi connectivity index (χ4v) is 2.51. The first-order valence-corrected chi connectivity index (χ1v) is 7.95. The first kappa shape index (κ1) is 15.6. The molecule has 0 atom stereocenters. The normalized spacial score (nSPS) is 12.4. The molecule has 2 N–H and O–H groups in total. The van der Waals surface area contributed by atoms with Gasteiger partial charge < -0.3 is 10.5 Å². The molecule has 0 bridgehead atoms. The molecule has 0 amide bonds. The minimum atomic E-state index is -0.622. The molecule has 2 rings (SSSR count). The number of nitrogens with zero attached hydrogens (tertiary/aromatic N) is 1. The second-order valence-corrected chi connectivity index (χ2v) is 5.45. The molecule has 0 aliphatic heterocycles. The molecule has 0 aromatic heterocycles. The van der Waals surface area contributed by atoms with E-state index in [-0.39, 0.29) is 0 Å². The number of hydrogen-bond donors (Lipinski definition) is 1. The van der Waals surface area contributed by atoms with Crippen molar-refractivity contribution in [1.82, 2.24) is 0 Å². The predicted molar refractivity (Wildman–Crippen MR) is 90.7 cm³/mol. The molecule has 21 heavy (non-hydrogen) atoms. The van der Waals surface area contributed by atoms with Crippen LogP contribution in [0.5, 0.6) is 0 Å². The molecular formula is C17H20N2OS. The maximum absolute atomic E-state index is 5.93. The summed E-state index contributed by atoms with van der Waals surface area (Å²) in [4.78, 5) is 4.47. The van der Waals surface area contributed by atoms with Crippen LogP contribution in [0.3, 0.4) is 0 Å². The molecule has 0 unspecified atom stereocenters. The van der Waals surface area contributed by atoms with Crippen LogP contribution >= 0.6 is 11.8 Å². The molecule has 0 fully saturated rings. The topological polar surface area (TPSA) is 47.6 Å². The summed E-state index contributed by atoms with van der Waals surface area (Å²) in [6, 6.07) is 20.2. The highest BCUT2D eigenvalue weighted by Crippen LogP contribution is 2.33. The molecule has 0 spiro atoms. The van der Waals surface area contributed by atoms with Gasteiger partial charge in [0.2, 0.25) is 0 Å². The Morgan fingerprint density at radius 2 is 1.52 bits per heavy atom. The lowest BCUT2D eigenvalue weighted by Gasteiger charge is -2.32. The molecule has 4 heteroatoms. The average Bonchev–Trinajstić information content (AvgIpc) is 2.57. The monoisotopic (exact) mass is 300 g/mol. The van der Waals surface area contributed by atoms with E-state index in [4.69, 9.17) is 10.5 Å². The quantitative estimate of drug-likeness (QED) is 0.681. The molecule has 0 saturated carbocycles. The summed E-state index contributed by atoms with van der Waals surface area (Å²) in [5, 5.41) is 0.559. The van der Waals surface area contributed by atoms with Crippen LogP contribution in [-0.4, -0.2) is 25.1 Å². The van der Waals surface area contributed by atoms with Crippen LogP contribution in [0, 0.1) is 0 Å². The highest BCUT2D eigenvalue weighted by atomic mass is 32.2. The lowest BCUT2D eigenvalue weighted by Crippen LogP contribution is -2.34. The van der Waals surface area contributed by atoms with Crippen molar-refractivity contribution in [1.29, 1.82) is 0 Å². The zero-order valence-electron chi connectivity index (χ0n) is 12.3. The standard InChI is InChI=1S/C17H20N2OS/c1-20-17(13-19-16(18)21-2,14-9-5-3-6-10-14)15-11-7-4-8-12-15/h3-12H,13H2,1-2H3,(H2,18,19). The van der Waals surface area contributed by atoms with Crippen molar-refractivity contribution in [3.05, 3.63) is 71.8 Å². The smallest absolute Gasteiger partial charge is 0.153 e. The Morgan fingerprint density at radius 3 is 1.90 bits per heavy atom. The molecule has 0 heterocycles. The Hall–Kier alpha value is -1.78. The van der Waals surface area contributed by atoms with E-state index < -0.39 is 5.60 Å². The van der Waals surface area contributed by atoms with Crippen LogP contribution in [-0.2, 0) is 10.3 Å². The predicted octanol–water partition coefficient (Wildman–Crippen LogP) is 3.25. The van der Waals surface area contributed by atoms with Gasteiger partial charge in [-0.15, -0.1) is 0 Å². The number of aliphatic imine (C=N–C) groups is 1. The van der Waals surface area contributed by atoms with Gasteiger partial charge in [0, 0.05) is 7.11 Å². The minimum Gasteiger partial charge on any atom is -0.379 e. The zero-order valence-corrected chi connectivity index (χ0v) is 13.1. The summed E-state index contributed by atoms with van der Waals surface area (Å²) in [6.45, 7) is 0.449. The molecule has 2 aromatic carbocycles. The summed E-state index contributed by atoms with van der Waals surface area (Å²) < 4.78 is 5.93. The van der Waals surface area contributed by atoms with Gasteiger partial charge in [-0.3, -0.25) is 4.99 Å². The van der Waals surface area contributed by atoms with Crippen LogP contribution in [0.1, 0.15) is 11.1 Å². The van der Waals surface area contributed by atoms with E-state index in [2.05, 4.69) is 29.3 Å². The van der Waals surface area contributed by atoms with Crippen LogP contribution in [0.4, 0.5) is 0 Å². The van der Waals surface area contributed by atoms with Gasteiger partial charge >= 0.3 is 0 Å². The van der Waals surface area contributed by atoms with Gasteiger partial charge in [-0.2, -0.15) is 0 Å². The maximum Gasteiger partial charge on any atom is 0.153 e. The van der Waals surface area contributed by atoms with E-state index >= 15 is 0 Å². The van der Waals surface area contributed by atoms with Gasteiger partial charge in [-0.1, -0.05) is 72.4 Å². The molecular weight excluding hydrogens is 280 g/mol. The third-order valence-corrected chi connectivity index (χ3v) is 4.04. The molecule has 0 aliphatic carbocycles. The number of amidine groups is 1. The highest BCUT2D eigenvalue weighted by molar-refractivity contribution is 8.13. The Bertz CT molecular complexity index is 545. The third kappa shape index (κ3) is 3.46. The van der Waals surface area contributed by atoms with E-state index in [1.54, 1.807) is 7.11 Å². The summed E-state index contributed by atoms with van der Waals surface area (Å²) >= 11 is 1.44. The minimum absolute atomic E-state index is 0.449. The second kappa shape index (κ2) is 7.29. The van der Waals surface area contributed by atoms with Crippen molar-refractivity contribution in [3.8, 4) is 0 Å². The molecule has 0 aliphatic rings. The number of methoxy groups -OCH3 is 1. The molecule has 3 nitrogen and oxygen atoms in total. The number of benzene rings is 2. The van der Waals surface area contributed by atoms with Crippen LogP contribution < -0.4 is 5.73 Å². The van der Waals surface area contributed by atoms with E-state index in [9.17, 15) is 0 Å². The van der Waals surface area contributed by atoms with Crippen molar-refractivity contribution in [2.45, 2.75) is 5.60 Å². The van der Waals surface area contributed by atoms with Crippen LogP contribution in [0.2, 0.25) is 0 Å². The molecule has 0 saturated heterocycles. The van der Waals surface area contributed by atoms with E-state index in [0.717, 1.165) is 11.1 Å². The Kier molecular flexibility index (Phi) is 5.42. The first-order chi connectivity index (χ1) is 10.2. The second-order valence-electron chi connectivity index (χ2n) is 4.62. The van der Waals surface area contributed by atoms with Gasteiger partial charge in [-0.25, -0.2) is 0 Å². The number of ether oxygens (including phenoxy) is 1. The molecule has 0 radical (unpaired) electrons. The fraction of sp³-hybridized carbons (Fsp3) is 0.235. The maximum atomic E-state index is 5.93. The largest absolute Gasteiger partial charge is 0.379 e. The highest BCUT2D eigenvalue weighted by Gasteiger charge is 2.34. The van der Waals surface area contributed by atoms with Crippen LogP contribution in [0.25, 0.3) is 0 Å². The van der Waals surface area contributed by atoms with E-state index in [0.29, 0.717) is 11.7 Å². The lowest BCUT2D eigenvalue weighted by atomic mass is 9.86. The Morgan fingerprint density at radius 1 is 1.05 bits per heavy atom. The number of rotatable bonds is 5. The fourth-order valence-electron chi connectivity index (χ4n) is 2.32.